The van der Waals surface area contributed by atoms with Crippen molar-refractivity contribution in [1.29, 1.82) is 0 Å². The highest BCUT2D eigenvalue weighted by Gasteiger charge is 2.73. The monoisotopic (exact) mass is 310 g/mol. The van der Waals surface area contributed by atoms with Crippen molar-refractivity contribution in [2.45, 2.75) is 57.0 Å². The molecule has 4 aliphatic rings. The van der Waals surface area contributed by atoms with Gasteiger partial charge in [0.25, 0.3) is 0 Å². The second kappa shape index (κ2) is 4.16. The Morgan fingerprint density at radius 3 is 2.83 bits per heavy atom. The first-order valence-corrected chi connectivity index (χ1v) is 8.88. The average Bonchev–Trinajstić information content (AvgIpc) is 3.02. The molecular formula is C19H22N2O2. The summed E-state index contributed by atoms with van der Waals surface area (Å²) in [6.45, 7) is 3.05. The lowest BCUT2D eigenvalue weighted by molar-refractivity contribution is -0.150. The Bertz CT molecular complexity index is 730. The minimum atomic E-state index is -0.421. The van der Waals surface area contributed by atoms with Gasteiger partial charge >= 0.3 is 0 Å². The largest absolute Gasteiger partial charge is 0.318 e. The maximum absolute atomic E-state index is 13.0. The number of para-hydroxylation sites is 1. The lowest BCUT2D eigenvalue weighted by atomic mass is 9.59. The second-order valence-corrected chi connectivity index (χ2v) is 7.55. The third-order valence-electron chi connectivity index (χ3n) is 7.03. The van der Waals surface area contributed by atoms with Gasteiger partial charge in [-0.25, -0.2) is 0 Å². The molecule has 120 valence electrons. The van der Waals surface area contributed by atoms with Crippen molar-refractivity contribution in [3.63, 3.8) is 0 Å². The zero-order chi connectivity index (χ0) is 15.8. The van der Waals surface area contributed by atoms with Gasteiger partial charge in [-0.1, -0.05) is 25.1 Å². The molecule has 3 fully saturated rings. The van der Waals surface area contributed by atoms with Crippen LogP contribution in [0.2, 0.25) is 0 Å². The van der Waals surface area contributed by atoms with Gasteiger partial charge in [-0.2, -0.15) is 0 Å². The Kier molecular flexibility index (Phi) is 2.46. The first-order chi connectivity index (χ1) is 11.2. The fourth-order valence-corrected chi connectivity index (χ4v) is 6.23. The highest BCUT2D eigenvalue weighted by Crippen LogP contribution is 2.68. The van der Waals surface area contributed by atoms with E-state index in [0.717, 1.165) is 37.9 Å². The predicted molar refractivity (Wildman–Crippen MR) is 86.9 cm³/mol. The van der Waals surface area contributed by atoms with Crippen molar-refractivity contribution in [3.8, 4) is 0 Å². The van der Waals surface area contributed by atoms with Gasteiger partial charge in [0.2, 0.25) is 11.8 Å². The lowest BCUT2D eigenvalue weighted by Crippen LogP contribution is -2.73. The van der Waals surface area contributed by atoms with Crippen LogP contribution in [-0.2, 0) is 9.59 Å². The molecule has 1 aromatic rings. The van der Waals surface area contributed by atoms with E-state index in [9.17, 15) is 9.59 Å². The minimum Gasteiger partial charge on any atom is -0.318 e. The van der Waals surface area contributed by atoms with Gasteiger partial charge in [-0.05, 0) is 37.3 Å². The summed E-state index contributed by atoms with van der Waals surface area (Å²) >= 11 is 0. The molecule has 3 atom stereocenters. The molecule has 2 amide bonds. The number of rotatable bonds is 1. The normalized spacial score (nSPS) is 37.7. The van der Waals surface area contributed by atoms with E-state index >= 15 is 0 Å². The van der Waals surface area contributed by atoms with E-state index in [1.54, 1.807) is 0 Å². The van der Waals surface area contributed by atoms with Gasteiger partial charge in [0.15, 0.2) is 0 Å². The third-order valence-corrected chi connectivity index (χ3v) is 7.03. The standard InChI is InChI=1S/C19H22N2O2/c1-2-18-9-5-11-20-17(23)12-14-13-6-3-4-7-15(13)21(19(14,18)20)16(22)8-10-18/h3-4,6-7,14H,2,5,8-12H2,1H3/t14?,18-,19+/m0/s1. The Morgan fingerprint density at radius 1 is 1.17 bits per heavy atom. The van der Waals surface area contributed by atoms with Gasteiger partial charge in [0.05, 0.1) is 0 Å². The number of amides is 2. The fourth-order valence-electron chi connectivity index (χ4n) is 6.23. The van der Waals surface area contributed by atoms with Gasteiger partial charge in [0, 0.05) is 36.4 Å². The molecule has 0 aromatic heterocycles. The number of benzene rings is 1. The van der Waals surface area contributed by atoms with Crippen molar-refractivity contribution < 1.29 is 9.59 Å². The van der Waals surface area contributed by atoms with Crippen molar-refractivity contribution in [2.24, 2.45) is 5.41 Å². The van der Waals surface area contributed by atoms with E-state index < -0.39 is 5.66 Å². The van der Waals surface area contributed by atoms with E-state index in [1.807, 2.05) is 17.0 Å². The summed E-state index contributed by atoms with van der Waals surface area (Å²) in [6, 6.07) is 8.26. The fraction of sp³-hybridized carbons (Fsp3) is 0.579. The summed E-state index contributed by atoms with van der Waals surface area (Å²) in [5, 5.41) is 0. The molecule has 0 aliphatic carbocycles. The maximum Gasteiger partial charge on any atom is 0.228 e. The Hall–Kier alpha value is -1.84. The zero-order valence-corrected chi connectivity index (χ0v) is 13.5. The molecule has 3 saturated heterocycles. The lowest BCUT2D eigenvalue weighted by Gasteiger charge is -2.62. The van der Waals surface area contributed by atoms with E-state index in [4.69, 9.17) is 0 Å². The van der Waals surface area contributed by atoms with Gasteiger partial charge in [0.1, 0.15) is 5.66 Å². The Balaban J connectivity index is 1.85. The first-order valence-electron chi connectivity index (χ1n) is 8.88. The number of carbonyl (C=O) groups is 2. The van der Waals surface area contributed by atoms with E-state index in [0.29, 0.717) is 12.8 Å². The van der Waals surface area contributed by atoms with Crippen LogP contribution in [0.5, 0.6) is 0 Å². The number of nitrogens with zero attached hydrogens (tertiary/aromatic N) is 2. The molecule has 5 rings (SSSR count). The number of carbonyl (C=O) groups excluding carboxylic acids is 2. The van der Waals surface area contributed by atoms with Crippen LogP contribution in [0.1, 0.15) is 56.9 Å². The van der Waals surface area contributed by atoms with Crippen LogP contribution in [0.25, 0.3) is 0 Å². The van der Waals surface area contributed by atoms with Crippen LogP contribution < -0.4 is 4.90 Å². The van der Waals surface area contributed by atoms with Crippen molar-refractivity contribution in [1.82, 2.24) is 4.90 Å². The molecule has 4 nitrogen and oxygen atoms in total. The van der Waals surface area contributed by atoms with Crippen LogP contribution >= 0.6 is 0 Å². The number of hydrogen-bond acceptors (Lipinski definition) is 2. The average molecular weight is 310 g/mol. The Morgan fingerprint density at radius 2 is 2.00 bits per heavy atom. The van der Waals surface area contributed by atoms with Crippen LogP contribution in [0.3, 0.4) is 0 Å². The van der Waals surface area contributed by atoms with Crippen LogP contribution in [0.15, 0.2) is 24.3 Å². The molecule has 1 unspecified atom stereocenters. The summed E-state index contributed by atoms with van der Waals surface area (Å²) in [7, 11) is 0. The van der Waals surface area contributed by atoms with Crippen LogP contribution in [0, 0.1) is 5.41 Å². The third kappa shape index (κ3) is 1.28. The summed E-state index contributed by atoms with van der Waals surface area (Å²) in [5.74, 6) is 0.586. The van der Waals surface area contributed by atoms with Gasteiger partial charge in [-0.3, -0.25) is 14.5 Å². The molecule has 4 aliphatic heterocycles. The summed E-state index contributed by atoms with van der Waals surface area (Å²) in [4.78, 5) is 29.9. The molecule has 23 heavy (non-hydrogen) atoms. The minimum absolute atomic E-state index is 0.0506. The topological polar surface area (TPSA) is 40.6 Å². The molecule has 4 heterocycles. The second-order valence-electron chi connectivity index (χ2n) is 7.55. The highest BCUT2D eigenvalue weighted by atomic mass is 16.2. The van der Waals surface area contributed by atoms with Crippen LogP contribution in [-0.4, -0.2) is 28.9 Å². The summed E-state index contributed by atoms with van der Waals surface area (Å²) in [6.07, 6.45) is 5.31. The smallest absolute Gasteiger partial charge is 0.228 e. The number of piperidine rings is 2. The predicted octanol–water partition coefficient (Wildman–Crippen LogP) is 3.03. The van der Waals surface area contributed by atoms with Gasteiger partial charge in [-0.15, -0.1) is 0 Å². The molecule has 0 radical (unpaired) electrons. The highest BCUT2D eigenvalue weighted by molar-refractivity contribution is 6.02. The molecule has 0 bridgehead atoms. The van der Waals surface area contributed by atoms with Gasteiger partial charge < -0.3 is 4.90 Å². The van der Waals surface area contributed by atoms with E-state index in [2.05, 4.69) is 24.0 Å². The number of hydrogen-bond donors (Lipinski definition) is 0. The molecule has 0 saturated carbocycles. The SMILES string of the molecule is CC[C@]12CCCN3C(=O)CC4c5ccccc5N(C(=O)CC1)[C@@]432. The Labute approximate surface area is 136 Å². The number of fused-ring (bicyclic) bond motifs is 3. The van der Waals surface area contributed by atoms with E-state index in [1.165, 1.54) is 5.56 Å². The molecule has 1 aromatic carbocycles. The maximum atomic E-state index is 13.0. The molecular weight excluding hydrogens is 288 g/mol. The molecule has 1 spiro atoms. The van der Waals surface area contributed by atoms with E-state index in [-0.39, 0.29) is 23.1 Å². The zero-order valence-electron chi connectivity index (χ0n) is 13.5. The molecule has 4 heteroatoms. The van der Waals surface area contributed by atoms with Crippen molar-refractivity contribution in [2.75, 3.05) is 11.4 Å². The quantitative estimate of drug-likeness (QED) is 0.800. The van der Waals surface area contributed by atoms with Crippen molar-refractivity contribution >= 4 is 17.5 Å². The first kappa shape index (κ1) is 13.6. The summed E-state index contributed by atoms with van der Waals surface area (Å²) < 4.78 is 0. The van der Waals surface area contributed by atoms with Crippen LogP contribution in [0.4, 0.5) is 5.69 Å². The number of anilines is 1. The molecule has 0 N–H and O–H groups in total. The van der Waals surface area contributed by atoms with Crippen molar-refractivity contribution in [3.05, 3.63) is 29.8 Å². The summed E-state index contributed by atoms with van der Waals surface area (Å²) in [5.41, 5.74) is 1.89.